The van der Waals surface area contributed by atoms with Crippen molar-refractivity contribution >= 4 is 48.6 Å². The number of nitrogens with one attached hydrogen (secondary N) is 2. The number of aromatic nitrogens is 1. The van der Waals surface area contributed by atoms with Crippen molar-refractivity contribution in [3.63, 3.8) is 0 Å². The number of H-pyrrole nitrogens is 1. The molecule has 132 valence electrons. The van der Waals surface area contributed by atoms with Crippen molar-refractivity contribution in [2.75, 3.05) is 4.72 Å². The Bertz CT molecular complexity index is 1170. The molecule has 1 aromatic heterocycles. The van der Waals surface area contributed by atoms with Gasteiger partial charge in [0.1, 0.15) is 6.07 Å². The lowest BCUT2D eigenvalue weighted by atomic mass is 10.1. The number of halogens is 1. The summed E-state index contributed by atoms with van der Waals surface area (Å²) < 4.78 is 28.7. The summed E-state index contributed by atoms with van der Waals surface area (Å²) in [6, 6.07) is 12.8. The van der Waals surface area contributed by atoms with E-state index in [9.17, 15) is 13.7 Å². The average Bonchev–Trinajstić information content (AvgIpc) is 2.97. The van der Waals surface area contributed by atoms with Gasteiger partial charge >= 0.3 is 0 Å². The number of hydrogen-bond acceptors (Lipinski definition) is 3. The molecule has 2 N–H and O–H groups in total. The highest BCUT2D eigenvalue weighted by Gasteiger charge is 2.19. The minimum atomic E-state index is -3.99. The van der Waals surface area contributed by atoms with Crippen LogP contribution in [0.4, 0.5) is 5.69 Å². The Hall–Kier alpha value is -2.56. The van der Waals surface area contributed by atoms with Crippen LogP contribution in [0, 0.1) is 25.2 Å². The lowest BCUT2D eigenvalue weighted by Crippen LogP contribution is -2.15. The number of rotatable bonds is 4. The summed E-state index contributed by atoms with van der Waals surface area (Å²) in [6.45, 7) is 3.75. The molecule has 0 saturated carbocycles. The molecule has 0 aliphatic heterocycles. The van der Waals surface area contributed by atoms with Crippen molar-refractivity contribution in [2.24, 2.45) is 0 Å². The Balaban J connectivity index is 2.02. The number of hydrogen-bond donors (Lipinski definition) is 2. The van der Waals surface area contributed by atoms with Gasteiger partial charge in [0.25, 0.3) is 10.0 Å². The van der Waals surface area contributed by atoms with Crippen molar-refractivity contribution in [3.05, 3.63) is 68.7 Å². The third kappa shape index (κ3) is 3.66. The predicted molar refractivity (Wildman–Crippen MR) is 108 cm³/mol. The molecule has 0 atom stereocenters. The molecular formula is C19H16BrN3O2S. The van der Waals surface area contributed by atoms with Crippen molar-refractivity contribution in [1.29, 1.82) is 5.26 Å². The third-order valence-corrected chi connectivity index (χ3v) is 5.76. The molecule has 1 heterocycles. The molecule has 0 fully saturated rings. The maximum Gasteiger partial charge on any atom is 0.272 e. The number of aryl methyl sites for hydroxylation is 2. The summed E-state index contributed by atoms with van der Waals surface area (Å²) in [4.78, 5) is 2.72. The molecule has 7 heteroatoms. The van der Waals surface area contributed by atoms with E-state index in [1.54, 1.807) is 18.3 Å². The minimum Gasteiger partial charge on any atom is -0.361 e. The second-order valence-corrected chi connectivity index (χ2v) is 8.54. The van der Waals surface area contributed by atoms with Crippen LogP contribution in [0.15, 0.2) is 52.0 Å². The molecule has 3 aromatic rings. The summed E-state index contributed by atoms with van der Waals surface area (Å²) in [5.41, 5.74) is 3.77. The Morgan fingerprint density at radius 3 is 2.69 bits per heavy atom. The van der Waals surface area contributed by atoms with Crippen LogP contribution < -0.4 is 4.72 Å². The van der Waals surface area contributed by atoms with Gasteiger partial charge in [-0.25, -0.2) is 8.42 Å². The molecule has 0 spiro atoms. The minimum absolute atomic E-state index is 0.349. The Labute approximate surface area is 160 Å². The van der Waals surface area contributed by atoms with Crippen LogP contribution >= 0.6 is 15.9 Å². The number of aromatic amines is 1. The number of sulfonamides is 1. The molecule has 0 aliphatic rings. The monoisotopic (exact) mass is 429 g/mol. The summed E-state index contributed by atoms with van der Waals surface area (Å²) in [7, 11) is -3.99. The predicted octanol–water partition coefficient (Wildman–Crippen LogP) is 4.85. The van der Waals surface area contributed by atoms with Gasteiger partial charge in [0, 0.05) is 27.1 Å². The molecule has 0 radical (unpaired) electrons. The summed E-state index contributed by atoms with van der Waals surface area (Å²) >= 11 is 3.40. The molecular weight excluding hydrogens is 414 g/mol. The summed E-state index contributed by atoms with van der Waals surface area (Å²) in [6.07, 6.45) is 3.05. The number of nitrogens with zero attached hydrogens (tertiary/aromatic N) is 1. The van der Waals surface area contributed by atoms with E-state index in [2.05, 4.69) is 25.6 Å². The van der Waals surface area contributed by atoms with Gasteiger partial charge in [0.15, 0.2) is 4.91 Å². The van der Waals surface area contributed by atoms with Crippen LogP contribution in [0.25, 0.3) is 17.0 Å². The van der Waals surface area contributed by atoms with E-state index in [-0.39, 0.29) is 4.91 Å². The summed E-state index contributed by atoms with van der Waals surface area (Å²) in [5, 5.41) is 10.2. The lowest BCUT2D eigenvalue weighted by molar-refractivity contribution is 0.608. The standard InChI is InChI=1S/C19H16BrN3O2S/c1-12-3-5-18(13(2)7-12)23-26(24,25)16(10-21)8-14-11-22-19-6-4-15(20)9-17(14)19/h3-9,11,22-23H,1-2H3/b16-8+. The highest BCUT2D eigenvalue weighted by Crippen LogP contribution is 2.26. The van der Waals surface area contributed by atoms with Crippen LogP contribution in [0.2, 0.25) is 0 Å². The zero-order valence-corrected chi connectivity index (χ0v) is 16.6. The van der Waals surface area contributed by atoms with Gasteiger partial charge in [-0.2, -0.15) is 5.26 Å². The highest BCUT2D eigenvalue weighted by atomic mass is 79.9. The number of benzene rings is 2. The molecule has 26 heavy (non-hydrogen) atoms. The Morgan fingerprint density at radius 2 is 2.00 bits per heavy atom. The van der Waals surface area contributed by atoms with Gasteiger partial charge in [-0.1, -0.05) is 33.6 Å². The Morgan fingerprint density at radius 1 is 1.23 bits per heavy atom. The molecule has 3 rings (SSSR count). The second kappa shape index (κ2) is 6.98. The van der Waals surface area contributed by atoms with Gasteiger partial charge in [0.2, 0.25) is 0 Å². The molecule has 0 unspecified atom stereocenters. The van der Waals surface area contributed by atoms with E-state index in [1.807, 2.05) is 44.2 Å². The van der Waals surface area contributed by atoms with Gasteiger partial charge in [-0.15, -0.1) is 0 Å². The van der Waals surface area contributed by atoms with Crippen molar-refractivity contribution in [3.8, 4) is 6.07 Å². The molecule has 0 aliphatic carbocycles. The number of fused-ring (bicyclic) bond motifs is 1. The Kier molecular flexibility index (Phi) is 4.90. The maximum atomic E-state index is 12.7. The SMILES string of the molecule is Cc1ccc(NS(=O)(=O)/C(C#N)=C/c2c[nH]c3ccc(Br)cc23)c(C)c1. The first-order chi connectivity index (χ1) is 12.3. The molecule has 0 bridgehead atoms. The highest BCUT2D eigenvalue weighted by molar-refractivity contribution is 9.10. The first-order valence-corrected chi connectivity index (χ1v) is 10.1. The summed E-state index contributed by atoms with van der Waals surface area (Å²) in [5.74, 6) is 0. The first-order valence-electron chi connectivity index (χ1n) is 7.78. The fourth-order valence-corrected chi connectivity index (χ4v) is 4.06. The van der Waals surface area contributed by atoms with Crippen LogP contribution in [-0.4, -0.2) is 13.4 Å². The molecule has 5 nitrogen and oxygen atoms in total. The van der Waals surface area contributed by atoms with Crippen molar-refractivity contribution in [1.82, 2.24) is 4.98 Å². The molecule has 0 saturated heterocycles. The zero-order valence-electron chi connectivity index (χ0n) is 14.2. The van der Waals surface area contributed by atoms with E-state index in [0.717, 1.165) is 26.5 Å². The largest absolute Gasteiger partial charge is 0.361 e. The molecule has 0 amide bonds. The maximum absolute atomic E-state index is 12.7. The quantitative estimate of drug-likeness (QED) is 0.580. The van der Waals surface area contributed by atoms with Crippen LogP contribution in [0.5, 0.6) is 0 Å². The van der Waals surface area contributed by atoms with E-state index >= 15 is 0 Å². The fourth-order valence-electron chi connectivity index (χ4n) is 2.67. The number of anilines is 1. The normalized spacial score (nSPS) is 12.2. The van der Waals surface area contributed by atoms with Crippen LogP contribution in [0.1, 0.15) is 16.7 Å². The fraction of sp³-hybridized carbons (Fsp3) is 0.105. The third-order valence-electron chi connectivity index (χ3n) is 3.99. The first kappa shape index (κ1) is 18.2. The van der Waals surface area contributed by atoms with Gasteiger partial charge in [-0.3, -0.25) is 4.72 Å². The van der Waals surface area contributed by atoms with Gasteiger partial charge < -0.3 is 4.98 Å². The van der Waals surface area contributed by atoms with Gasteiger partial charge in [0.05, 0.1) is 5.69 Å². The van der Waals surface area contributed by atoms with Crippen LogP contribution in [-0.2, 0) is 10.0 Å². The van der Waals surface area contributed by atoms with Gasteiger partial charge in [-0.05, 0) is 49.8 Å². The number of allylic oxidation sites excluding steroid dienone is 1. The van der Waals surface area contributed by atoms with Crippen molar-refractivity contribution < 1.29 is 8.42 Å². The van der Waals surface area contributed by atoms with E-state index < -0.39 is 10.0 Å². The topological polar surface area (TPSA) is 85.8 Å². The smallest absolute Gasteiger partial charge is 0.272 e. The van der Waals surface area contributed by atoms with E-state index in [4.69, 9.17) is 0 Å². The number of nitriles is 1. The average molecular weight is 430 g/mol. The lowest BCUT2D eigenvalue weighted by Gasteiger charge is -2.10. The van der Waals surface area contributed by atoms with E-state index in [1.165, 1.54) is 6.08 Å². The second-order valence-electron chi connectivity index (χ2n) is 5.98. The molecule has 2 aromatic carbocycles. The van der Waals surface area contributed by atoms with E-state index in [0.29, 0.717) is 11.3 Å². The zero-order chi connectivity index (χ0) is 18.9. The van der Waals surface area contributed by atoms with Crippen LogP contribution in [0.3, 0.4) is 0 Å². The van der Waals surface area contributed by atoms with Crippen molar-refractivity contribution in [2.45, 2.75) is 13.8 Å².